The van der Waals surface area contributed by atoms with Gasteiger partial charge in [-0.15, -0.1) is 0 Å². The molecule has 0 aromatic heterocycles. The quantitative estimate of drug-likeness (QED) is 0.675. The topological polar surface area (TPSA) is 92.3 Å². The van der Waals surface area contributed by atoms with Gasteiger partial charge in [-0.3, -0.25) is 0 Å². The molecule has 1 fully saturated rings. The van der Waals surface area contributed by atoms with E-state index in [1.54, 1.807) is 6.92 Å². The molecule has 2 N–H and O–H groups in total. The van der Waals surface area contributed by atoms with Gasteiger partial charge in [0.05, 0.1) is 16.8 Å². The van der Waals surface area contributed by atoms with Gasteiger partial charge in [0.25, 0.3) is 0 Å². The lowest BCUT2D eigenvalue weighted by atomic mass is 10.1. The van der Waals surface area contributed by atoms with Crippen molar-refractivity contribution in [3.05, 3.63) is 0 Å². The molecule has 2 unspecified atom stereocenters. The SMILES string of the molecule is CC(C)NCC(C)S(=O)(=O)NCC1CCS(=O)(=O)C1. The maximum absolute atomic E-state index is 12.0. The Morgan fingerprint density at radius 2 is 1.89 bits per heavy atom. The van der Waals surface area contributed by atoms with E-state index in [1.807, 2.05) is 13.8 Å². The molecule has 6 nitrogen and oxygen atoms in total. The highest BCUT2D eigenvalue weighted by molar-refractivity contribution is 7.91. The summed E-state index contributed by atoms with van der Waals surface area (Å²) in [6.45, 7) is 6.15. The van der Waals surface area contributed by atoms with E-state index < -0.39 is 25.1 Å². The highest BCUT2D eigenvalue weighted by Crippen LogP contribution is 2.17. The fourth-order valence-corrected chi connectivity index (χ4v) is 4.85. The lowest BCUT2D eigenvalue weighted by molar-refractivity contribution is 0.521. The molecule has 1 rings (SSSR count). The second kappa shape index (κ2) is 6.51. The third kappa shape index (κ3) is 5.76. The van der Waals surface area contributed by atoms with Gasteiger partial charge in [0.1, 0.15) is 0 Å². The monoisotopic (exact) mass is 312 g/mol. The Morgan fingerprint density at radius 1 is 1.26 bits per heavy atom. The third-order valence-electron chi connectivity index (χ3n) is 3.24. The van der Waals surface area contributed by atoms with Crippen molar-refractivity contribution in [3.63, 3.8) is 0 Å². The molecule has 0 aliphatic carbocycles. The van der Waals surface area contributed by atoms with Crippen molar-refractivity contribution in [2.24, 2.45) is 5.92 Å². The summed E-state index contributed by atoms with van der Waals surface area (Å²) in [5.41, 5.74) is 0. The van der Waals surface area contributed by atoms with Gasteiger partial charge in [-0.05, 0) is 19.3 Å². The molecule has 8 heteroatoms. The highest BCUT2D eigenvalue weighted by Gasteiger charge is 2.29. The van der Waals surface area contributed by atoms with E-state index in [2.05, 4.69) is 10.0 Å². The van der Waals surface area contributed by atoms with E-state index in [0.717, 1.165) is 0 Å². The van der Waals surface area contributed by atoms with E-state index in [1.165, 1.54) is 0 Å². The Kier molecular flexibility index (Phi) is 5.78. The van der Waals surface area contributed by atoms with Crippen LogP contribution in [-0.4, -0.2) is 52.7 Å². The van der Waals surface area contributed by atoms with Crippen LogP contribution in [0, 0.1) is 5.92 Å². The van der Waals surface area contributed by atoms with Gasteiger partial charge < -0.3 is 5.32 Å². The molecule has 0 bridgehead atoms. The maximum atomic E-state index is 12.0. The van der Waals surface area contributed by atoms with Crippen LogP contribution < -0.4 is 10.0 Å². The molecule has 1 aliphatic heterocycles. The van der Waals surface area contributed by atoms with Gasteiger partial charge in [-0.2, -0.15) is 0 Å². The zero-order valence-corrected chi connectivity index (χ0v) is 13.4. The smallest absolute Gasteiger partial charge is 0.215 e. The number of sulfone groups is 1. The first-order valence-corrected chi connectivity index (χ1v) is 9.91. The van der Waals surface area contributed by atoms with Gasteiger partial charge in [0, 0.05) is 19.1 Å². The second-order valence-corrected chi connectivity index (χ2v) is 9.95. The minimum Gasteiger partial charge on any atom is -0.313 e. The van der Waals surface area contributed by atoms with E-state index in [4.69, 9.17) is 0 Å². The molecule has 0 saturated carbocycles. The predicted molar refractivity (Wildman–Crippen MR) is 76.3 cm³/mol. The van der Waals surface area contributed by atoms with Crippen LogP contribution in [0.1, 0.15) is 27.2 Å². The van der Waals surface area contributed by atoms with Crippen molar-refractivity contribution < 1.29 is 16.8 Å². The molecule has 0 aromatic rings. The first kappa shape index (κ1) is 16.9. The largest absolute Gasteiger partial charge is 0.313 e. The molecule has 0 amide bonds. The van der Waals surface area contributed by atoms with Gasteiger partial charge >= 0.3 is 0 Å². The molecular weight excluding hydrogens is 288 g/mol. The van der Waals surface area contributed by atoms with E-state index in [0.29, 0.717) is 13.0 Å². The Balaban J connectivity index is 2.43. The fraction of sp³-hybridized carbons (Fsp3) is 1.00. The molecule has 0 radical (unpaired) electrons. The first-order chi connectivity index (χ1) is 8.62. The van der Waals surface area contributed by atoms with Crippen molar-refractivity contribution in [1.29, 1.82) is 0 Å². The summed E-state index contributed by atoms with van der Waals surface area (Å²) < 4.78 is 49.0. The standard InChI is InChI=1S/C11H24N2O4S2/c1-9(2)12-6-10(3)19(16,17)13-7-11-4-5-18(14,15)8-11/h9-13H,4-8H2,1-3H3. The van der Waals surface area contributed by atoms with Crippen molar-refractivity contribution in [1.82, 2.24) is 10.0 Å². The van der Waals surface area contributed by atoms with Crippen LogP contribution in [0.5, 0.6) is 0 Å². The summed E-state index contributed by atoms with van der Waals surface area (Å²) in [5.74, 6) is 0.169. The van der Waals surface area contributed by atoms with Crippen LogP contribution in [0.25, 0.3) is 0 Å². The molecule has 1 aliphatic rings. The fourth-order valence-electron chi connectivity index (χ4n) is 1.92. The second-order valence-electron chi connectivity index (χ2n) is 5.54. The molecule has 1 saturated heterocycles. The number of nitrogens with one attached hydrogen (secondary N) is 2. The zero-order valence-electron chi connectivity index (χ0n) is 11.7. The van der Waals surface area contributed by atoms with E-state index >= 15 is 0 Å². The Labute approximate surface area is 116 Å². The summed E-state index contributed by atoms with van der Waals surface area (Å²) >= 11 is 0. The minimum atomic E-state index is -3.39. The summed E-state index contributed by atoms with van der Waals surface area (Å²) in [6.07, 6.45) is 0.545. The number of hydrogen-bond donors (Lipinski definition) is 2. The Hall–Kier alpha value is -0.180. The van der Waals surface area contributed by atoms with Crippen LogP contribution in [-0.2, 0) is 19.9 Å². The molecule has 1 heterocycles. The lowest BCUT2D eigenvalue weighted by Gasteiger charge is -2.17. The van der Waals surface area contributed by atoms with Crippen LogP contribution in [0.15, 0.2) is 0 Å². The molecule has 0 aromatic carbocycles. The summed E-state index contributed by atoms with van der Waals surface area (Å²) in [5, 5.41) is 2.54. The third-order valence-corrected chi connectivity index (χ3v) is 6.88. The van der Waals surface area contributed by atoms with Gasteiger partial charge in [0.2, 0.25) is 10.0 Å². The summed E-state index contributed by atoms with van der Waals surface area (Å²) in [4.78, 5) is 0. The van der Waals surface area contributed by atoms with E-state index in [9.17, 15) is 16.8 Å². The molecule has 2 atom stereocenters. The molecular formula is C11H24N2O4S2. The summed E-state index contributed by atoms with van der Waals surface area (Å²) in [6, 6.07) is 0.234. The minimum absolute atomic E-state index is 0.0914. The van der Waals surface area contributed by atoms with Gasteiger partial charge in [0.15, 0.2) is 9.84 Å². The van der Waals surface area contributed by atoms with Crippen molar-refractivity contribution in [2.75, 3.05) is 24.6 Å². The van der Waals surface area contributed by atoms with Crippen molar-refractivity contribution in [2.45, 2.75) is 38.5 Å². The maximum Gasteiger partial charge on any atom is 0.215 e. The normalized spacial score (nSPS) is 24.7. The molecule has 0 spiro atoms. The van der Waals surface area contributed by atoms with Crippen molar-refractivity contribution in [3.8, 4) is 0 Å². The Bertz CT molecular complexity index is 485. The van der Waals surface area contributed by atoms with Crippen molar-refractivity contribution >= 4 is 19.9 Å². The zero-order chi connectivity index (χ0) is 14.7. The first-order valence-electron chi connectivity index (χ1n) is 6.54. The lowest BCUT2D eigenvalue weighted by Crippen LogP contribution is -2.42. The highest BCUT2D eigenvalue weighted by atomic mass is 32.2. The number of rotatable bonds is 7. The van der Waals surface area contributed by atoms with Gasteiger partial charge in [-0.1, -0.05) is 13.8 Å². The summed E-state index contributed by atoms with van der Waals surface area (Å²) in [7, 11) is -6.34. The van der Waals surface area contributed by atoms with Crippen LogP contribution >= 0.6 is 0 Å². The van der Waals surface area contributed by atoms with Gasteiger partial charge in [-0.25, -0.2) is 21.6 Å². The Morgan fingerprint density at radius 3 is 2.37 bits per heavy atom. The average Bonchev–Trinajstić information content (AvgIpc) is 2.63. The molecule has 19 heavy (non-hydrogen) atoms. The van der Waals surface area contributed by atoms with Crippen LogP contribution in [0.4, 0.5) is 0 Å². The number of hydrogen-bond acceptors (Lipinski definition) is 5. The predicted octanol–water partition coefficient (Wildman–Crippen LogP) is -0.273. The van der Waals surface area contributed by atoms with Crippen LogP contribution in [0.2, 0.25) is 0 Å². The number of sulfonamides is 1. The van der Waals surface area contributed by atoms with E-state index in [-0.39, 0.29) is 30.0 Å². The van der Waals surface area contributed by atoms with Crippen LogP contribution in [0.3, 0.4) is 0 Å². The molecule has 114 valence electrons. The average molecular weight is 312 g/mol.